The largest absolute Gasteiger partial charge is 0.457 e. The fraction of sp³-hybridized carbons (Fsp3) is 0.415. The Morgan fingerprint density at radius 2 is 1.83 bits per heavy atom. The summed E-state index contributed by atoms with van der Waals surface area (Å²) in [6.45, 7) is 17.0. The molecule has 6 heteroatoms. The van der Waals surface area contributed by atoms with E-state index in [9.17, 15) is 4.79 Å². The van der Waals surface area contributed by atoms with E-state index in [0.717, 1.165) is 84.0 Å². The third-order valence-electron chi connectivity index (χ3n) is 9.79. The lowest BCUT2D eigenvalue weighted by Crippen LogP contribution is -2.34. The first kappa shape index (κ1) is 34.2. The van der Waals surface area contributed by atoms with Gasteiger partial charge in [0.15, 0.2) is 5.78 Å². The van der Waals surface area contributed by atoms with Gasteiger partial charge in [0, 0.05) is 28.8 Å². The Hall–Kier alpha value is -4.16. The molecule has 1 aromatic heterocycles. The summed E-state index contributed by atoms with van der Waals surface area (Å²) in [6, 6.07) is 16.3. The lowest BCUT2D eigenvalue weighted by atomic mass is 9.81. The fourth-order valence-corrected chi connectivity index (χ4v) is 6.46. The summed E-state index contributed by atoms with van der Waals surface area (Å²) >= 11 is 0. The van der Waals surface area contributed by atoms with E-state index in [4.69, 9.17) is 9.73 Å². The van der Waals surface area contributed by atoms with E-state index in [0.29, 0.717) is 24.2 Å². The van der Waals surface area contributed by atoms with E-state index in [1.54, 1.807) is 6.08 Å². The third-order valence-corrected chi connectivity index (χ3v) is 9.79. The molecule has 0 spiro atoms. The van der Waals surface area contributed by atoms with Gasteiger partial charge in [-0.25, -0.2) is 0 Å². The van der Waals surface area contributed by atoms with Crippen molar-refractivity contribution in [1.82, 2.24) is 15.5 Å². The highest BCUT2D eigenvalue weighted by Gasteiger charge is 2.26. The number of rotatable bonds is 11. The minimum atomic E-state index is -0.103. The summed E-state index contributed by atoms with van der Waals surface area (Å²) < 4.78 is 6.70. The van der Waals surface area contributed by atoms with E-state index in [1.165, 1.54) is 5.71 Å². The number of benzene rings is 2. The molecule has 0 bridgehead atoms. The Kier molecular flexibility index (Phi) is 11.7. The molecule has 0 amide bonds. The van der Waals surface area contributed by atoms with Crippen LogP contribution >= 0.6 is 0 Å². The second-order valence-electron chi connectivity index (χ2n) is 13.4. The molecule has 3 aromatic rings. The van der Waals surface area contributed by atoms with E-state index in [2.05, 4.69) is 68.0 Å². The maximum Gasteiger partial charge on any atom is 0.158 e. The van der Waals surface area contributed by atoms with Crippen LogP contribution in [0.1, 0.15) is 83.0 Å². The number of nitrogens with one attached hydrogen (secondary N) is 1. The molecule has 1 N–H and O–H groups in total. The number of nitrogens with zero attached hydrogens (tertiary/aromatic N) is 3. The molecule has 0 saturated carbocycles. The summed E-state index contributed by atoms with van der Waals surface area (Å²) in [7, 11) is 0. The number of carbonyl (C=O) groups excluding carboxylic acids is 1. The number of piperidine rings is 1. The first-order valence-corrected chi connectivity index (χ1v) is 17.3. The van der Waals surface area contributed by atoms with Crippen LogP contribution in [0.3, 0.4) is 0 Å². The molecule has 1 fully saturated rings. The van der Waals surface area contributed by atoms with Crippen LogP contribution in [0.25, 0.3) is 17.3 Å². The topological polar surface area (TPSA) is 76.5 Å². The molecule has 5 rings (SSSR count). The van der Waals surface area contributed by atoms with Gasteiger partial charge < -0.3 is 10.1 Å². The average Bonchev–Trinajstić information content (AvgIpc) is 3.10. The van der Waals surface area contributed by atoms with Gasteiger partial charge in [0.05, 0.1) is 17.1 Å². The predicted molar refractivity (Wildman–Crippen MR) is 195 cm³/mol. The van der Waals surface area contributed by atoms with E-state index in [-0.39, 0.29) is 17.6 Å². The lowest BCUT2D eigenvalue weighted by molar-refractivity contribution is -0.119. The summed E-state index contributed by atoms with van der Waals surface area (Å²) in [5.74, 6) is 2.86. The Balaban J connectivity index is 1.53. The molecule has 2 aromatic carbocycles. The van der Waals surface area contributed by atoms with Gasteiger partial charge in [0.1, 0.15) is 11.5 Å². The Morgan fingerprint density at radius 1 is 1.06 bits per heavy atom. The van der Waals surface area contributed by atoms with Crippen molar-refractivity contribution in [3.8, 4) is 22.8 Å². The van der Waals surface area contributed by atoms with Crippen molar-refractivity contribution in [3.05, 3.63) is 96.2 Å². The van der Waals surface area contributed by atoms with Crippen molar-refractivity contribution in [1.29, 1.82) is 0 Å². The van der Waals surface area contributed by atoms with E-state index in [1.807, 2.05) is 61.5 Å². The van der Waals surface area contributed by atoms with Gasteiger partial charge in [-0.05, 0) is 123 Å². The maximum atomic E-state index is 12.9. The van der Waals surface area contributed by atoms with Crippen LogP contribution in [0.4, 0.5) is 5.69 Å². The average molecular weight is 631 g/mol. The third kappa shape index (κ3) is 8.61. The standard InChI is InChI=1S/C41H50N4O2/c1-7-28(5)41(32-20-22-42-23-21-32)43-38-26-40(34(24-30(38)8-2)25-33-12-10-9-11-13-39(46)29(33)6)47-35-16-14-31(15-17-35)37-19-18-36(27(3)4)44-45-37/h8-11,13-19,24,26-29,32-33,42H,2,7,12,20-23,25H2,1,3-6H3. The van der Waals surface area contributed by atoms with Crippen LogP contribution in [0.15, 0.2) is 84.4 Å². The van der Waals surface area contributed by atoms with Gasteiger partial charge in [-0.3, -0.25) is 9.79 Å². The number of ketones is 1. The minimum absolute atomic E-state index is 0.103. The van der Waals surface area contributed by atoms with Crippen LogP contribution in [-0.4, -0.2) is 34.8 Å². The molecule has 2 heterocycles. The van der Waals surface area contributed by atoms with Gasteiger partial charge in [0.2, 0.25) is 0 Å². The number of aromatic nitrogens is 2. The molecule has 3 atom stereocenters. The summed E-state index contributed by atoms with van der Waals surface area (Å²) in [4.78, 5) is 18.3. The van der Waals surface area contributed by atoms with E-state index >= 15 is 0 Å². The van der Waals surface area contributed by atoms with Crippen LogP contribution in [0, 0.1) is 23.7 Å². The normalized spacial score (nSPS) is 19.8. The number of hydrogen-bond acceptors (Lipinski definition) is 6. The summed E-state index contributed by atoms with van der Waals surface area (Å²) in [5, 5.41) is 12.4. The van der Waals surface area contributed by atoms with Crippen LogP contribution in [0.2, 0.25) is 0 Å². The first-order chi connectivity index (χ1) is 22.8. The summed E-state index contributed by atoms with van der Waals surface area (Å²) in [5.41, 5.74) is 6.97. The van der Waals surface area contributed by atoms with Crippen molar-refractivity contribution in [2.24, 2.45) is 28.7 Å². The number of carbonyl (C=O) groups is 1. The molecule has 2 aliphatic rings. The number of hydrogen-bond donors (Lipinski definition) is 1. The monoisotopic (exact) mass is 630 g/mol. The molecule has 1 aliphatic heterocycles. The van der Waals surface area contributed by atoms with Gasteiger partial charge in [-0.2, -0.15) is 10.2 Å². The Bertz CT molecular complexity index is 1610. The highest BCUT2D eigenvalue weighted by atomic mass is 16.5. The summed E-state index contributed by atoms with van der Waals surface area (Å²) in [6.07, 6.45) is 14.3. The van der Waals surface area contributed by atoms with Crippen molar-refractivity contribution >= 4 is 23.3 Å². The van der Waals surface area contributed by atoms with Crippen molar-refractivity contribution < 1.29 is 9.53 Å². The molecule has 1 saturated heterocycles. The van der Waals surface area contributed by atoms with Crippen LogP contribution in [-0.2, 0) is 11.2 Å². The van der Waals surface area contributed by atoms with Crippen LogP contribution < -0.4 is 10.1 Å². The lowest BCUT2D eigenvalue weighted by Gasteiger charge is -2.28. The SMILES string of the molecule is C=Cc1cc(CC2CC=CC=CC(=O)C2C)c(Oc2ccc(-c3ccc(C(C)C)nn3)cc2)cc1N=C(C(C)CC)C1CCNCC1. The molecule has 246 valence electrons. The molecule has 47 heavy (non-hydrogen) atoms. The van der Waals surface area contributed by atoms with Crippen molar-refractivity contribution in [2.75, 3.05) is 13.1 Å². The smallest absolute Gasteiger partial charge is 0.158 e. The molecule has 1 aliphatic carbocycles. The van der Waals surface area contributed by atoms with Crippen molar-refractivity contribution in [2.45, 2.75) is 72.6 Å². The number of ether oxygens (including phenoxy) is 1. The number of aliphatic imine (C=N–C) groups is 1. The second kappa shape index (κ2) is 16.1. The molecular weight excluding hydrogens is 580 g/mol. The molecule has 0 radical (unpaired) electrons. The fourth-order valence-electron chi connectivity index (χ4n) is 6.46. The Labute approximate surface area is 281 Å². The van der Waals surface area contributed by atoms with E-state index < -0.39 is 0 Å². The zero-order valence-corrected chi connectivity index (χ0v) is 28.7. The predicted octanol–water partition coefficient (Wildman–Crippen LogP) is 9.70. The van der Waals surface area contributed by atoms with Crippen molar-refractivity contribution in [3.63, 3.8) is 0 Å². The molecule has 3 unspecified atom stereocenters. The number of allylic oxidation sites excluding steroid dienone is 4. The zero-order valence-electron chi connectivity index (χ0n) is 28.7. The zero-order chi connectivity index (χ0) is 33.3. The quantitative estimate of drug-likeness (QED) is 0.214. The maximum absolute atomic E-state index is 12.9. The highest BCUT2D eigenvalue weighted by Crippen LogP contribution is 2.38. The van der Waals surface area contributed by atoms with Gasteiger partial charge in [0.25, 0.3) is 0 Å². The minimum Gasteiger partial charge on any atom is -0.457 e. The first-order valence-electron chi connectivity index (χ1n) is 17.3. The van der Waals surface area contributed by atoms with Gasteiger partial charge >= 0.3 is 0 Å². The Morgan fingerprint density at radius 3 is 2.49 bits per heavy atom. The molecular formula is C41H50N4O2. The van der Waals surface area contributed by atoms with Crippen LogP contribution in [0.5, 0.6) is 11.5 Å². The molecule has 6 nitrogen and oxygen atoms in total. The van der Waals surface area contributed by atoms with Gasteiger partial charge in [-0.15, -0.1) is 0 Å². The second-order valence-corrected chi connectivity index (χ2v) is 13.4. The van der Waals surface area contributed by atoms with Gasteiger partial charge in [-0.1, -0.05) is 65.5 Å². The highest BCUT2D eigenvalue weighted by molar-refractivity contribution is 5.93.